The van der Waals surface area contributed by atoms with E-state index in [1.807, 2.05) is 43.3 Å². The fourth-order valence-corrected chi connectivity index (χ4v) is 1.83. The maximum atomic E-state index is 9.06. The Morgan fingerprint density at radius 1 is 1.18 bits per heavy atom. The molecule has 0 fully saturated rings. The van der Waals surface area contributed by atoms with Gasteiger partial charge in [0.1, 0.15) is 6.07 Å². The lowest BCUT2D eigenvalue weighted by Gasteiger charge is -2.11. The molecular weight excluding hydrogens is 232 g/mol. The van der Waals surface area contributed by atoms with Gasteiger partial charge in [-0.1, -0.05) is 29.8 Å². The van der Waals surface area contributed by atoms with Crippen LogP contribution in [0.1, 0.15) is 11.1 Å². The average Bonchev–Trinajstić information content (AvgIpc) is 2.32. The number of aryl methyl sites for hydroxylation is 1. The number of hydrogen-bond donors (Lipinski definition) is 1. The van der Waals surface area contributed by atoms with Crippen LogP contribution in [-0.2, 0) is 0 Å². The van der Waals surface area contributed by atoms with Gasteiger partial charge in [0.15, 0.2) is 0 Å². The minimum Gasteiger partial charge on any atom is -0.354 e. The minimum absolute atomic E-state index is 0.630. The van der Waals surface area contributed by atoms with Crippen molar-refractivity contribution in [2.24, 2.45) is 0 Å². The predicted octanol–water partition coefficient (Wildman–Crippen LogP) is 4.26. The van der Waals surface area contributed by atoms with Gasteiger partial charge in [-0.05, 0) is 36.8 Å². The van der Waals surface area contributed by atoms with Crippen molar-refractivity contribution in [3.63, 3.8) is 0 Å². The maximum Gasteiger partial charge on any atom is 0.101 e. The summed E-state index contributed by atoms with van der Waals surface area (Å²) in [5, 5.41) is 13.0. The highest BCUT2D eigenvalue weighted by molar-refractivity contribution is 6.30. The zero-order valence-corrected chi connectivity index (χ0v) is 10.1. The number of nitriles is 1. The largest absolute Gasteiger partial charge is 0.354 e. The molecule has 0 amide bonds. The van der Waals surface area contributed by atoms with Gasteiger partial charge in [-0.3, -0.25) is 0 Å². The smallest absolute Gasteiger partial charge is 0.101 e. The van der Waals surface area contributed by atoms with Gasteiger partial charge in [0.25, 0.3) is 0 Å². The van der Waals surface area contributed by atoms with Crippen molar-refractivity contribution in [3.05, 3.63) is 58.6 Å². The second-order valence-electron chi connectivity index (χ2n) is 3.74. The topological polar surface area (TPSA) is 35.8 Å². The van der Waals surface area contributed by atoms with Crippen molar-refractivity contribution in [3.8, 4) is 6.07 Å². The molecule has 0 aliphatic carbocycles. The highest BCUT2D eigenvalue weighted by Gasteiger charge is 2.05. The zero-order valence-electron chi connectivity index (χ0n) is 9.37. The predicted molar refractivity (Wildman–Crippen MR) is 70.6 cm³/mol. The number of rotatable bonds is 2. The van der Waals surface area contributed by atoms with E-state index >= 15 is 0 Å². The van der Waals surface area contributed by atoms with Crippen LogP contribution in [0.3, 0.4) is 0 Å². The van der Waals surface area contributed by atoms with E-state index in [4.69, 9.17) is 16.9 Å². The number of nitrogens with one attached hydrogen (secondary N) is 1. The lowest BCUT2D eigenvalue weighted by molar-refractivity contribution is 1.39. The number of anilines is 2. The molecular formula is C14H11ClN2. The van der Waals surface area contributed by atoms with Crippen molar-refractivity contribution in [2.45, 2.75) is 6.92 Å². The van der Waals surface area contributed by atoms with Gasteiger partial charge in [0.05, 0.1) is 11.3 Å². The van der Waals surface area contributed by atoms with Gasteiger partial charge in [-0.2, -0.15) is 5.26 Å². The van der Waals surface area contributed by atoms with Crippen LogP contribution in [0.2, 0.25) is 5.02 Å². The van der Waals surface area contributed by atoms with Gasteiger partial charge in [0.2, 0.25) is 0 Å². The third-order valence-electron chi connectivity index (χ3n) is 2.49. The van der Waals surface area contributed by atoms with Crippen LogP contribution >= 0.6 is 11.6 Å². The molecule has 1 N–H and O–H groups in total. The summed E-state index contributed by atoms with van der Waals surface area (Å²) in [6.45, 7) is 1.97. The highest BCUT2D eigenvalue weighted by atomic mass is 35.5. The summed E-state index contributed by atoms with van der Waals surface area (Å²) in [4.78, 5) is 0. The van der Waals surface area contributed by atoms with Crippen LogP contribution in [0.4, 0.5) is 11.4 Å². The number of para-hydroxylation sites is 1. The van der Waals surface area contributed by atoms with E-state index in [0.717, 1.165) is 16.9 Å². The van der Waals surface area contributed by atoms with E-state index in [1.165, 1.54) is 0 Å². The van der Waals surface area contributed by atoms with Gasteiger partial charge < -0.3 is 5.32 Å². The summed E-state index contributed by atoms with van der Waals surface area (Å²) in [5.41, 5.74) is 3.37. The first-order valence-electron chi connectivity index (χ1n) is 5.23. The third-order valence-corrected chi connectivity index (χ3v) is 2.72. The maximum absolute atomic E-state index is 9.06. The van der Waals surface area contributed by atoms with Crippen molar-refractivity contribution in [1.29, 1.82) is 5.26 Å². The van der Waals surface area contributed by atoms with Crippen LogP contribution in [0.5, 0.6) is 0 Å². The Hall–Kier alpha value is -1.98. The Morgan fingerprint density at radius 2 is 1.94 bits per heavy atom. The van der Waals surface area contributed by atoms with Gasteiger partial charge >= 0.3 is 0 Å². The number of benzene rings is 2. The molecule has 0 aromatic heterocycles. The lowest BCUT2D eigenvalue weighted by atomic mass is 10.1. The van der Waals surface area contributed by atoms with Crippen LogP contribution in [0.25, 0.3) is 0 Å². The SMILES string of the molecule is Cc1cccc(C#N)c1Nc1cccc(Cl)c1. The minimum atomic E-state index is 0.630. The molecule has 0 saturated heterocycles. The Morgan fingerprint density at radius 3 is 2.65 bits per heavy atom. The molecule has 0 bridgehead atoms. The quantitative estimate of drug-likeness (QED) is 0.854. The van der Waals surface area contributed by atoms with E-state index in [2.05, 4.69) is 11.4 Å². The standard InChI is InChI=1S/C14H11ClN2/c1-10-4-2-5-11(9-16)14(10)17-13-7-3-6-12(15)8-13/h2-8,17H,1H3. The van der Waals surface area contributed by atoms with Crippen molar-refractivity contribution >= 4 is 23.0 Å². The first kappa shape index (κ1) is 11.5. The van der Waals surface area contributed by atoms with Crippen molar-refractivity contribution in [1.82, 2.24) is 0 Å². The number of hydrogen-bond acceptors (Lipinski definition) is 2. The van der Waals surface area contributed by atoms with Crippen LogP contribution in [0.15, 0.2) is 42.5 Å². The second kappa shape index (κ2) is 4.90. The normalized spacial score (nSPS) is 9.71. The van der Waals surface area contributed by atoms with E-state index in [1.54, 1.807) is 6.07 Å². The summed E-state index contributed by atoms with van der Waals surface area (Å²) in [6, 6.07) is 15.2. The highest BCUT2D eigenvalue weighted by Crippen LogP contribution is 2.25. The summed E-state index contributed by atoms with van der Waals surface area (Å²) in [7, 11) is 0. The van der Waals surface area contributed by atoms with E-state index in [9.17, 15) is 0 Å². The lowest BCUT2D eigenvalue weighted by Crippen LogP contribution is -1.96. The van der Waals surface area contributed by atoms with Gasteiger partial charge in [-0.15, -0.1) is 0 Å². The van der Waals surface area contributed by atoms with Crippen molar-refractivity contribution in [2.75, 3.05) is 5.32 Å². The molecule has 0 aliphatic rings. The van der Waals surface area contributed by atoms with Crippen LogP contribution in [0, 0.1) is 18.3 Å². The number of nitrogens with zero attached hydrogens (tertiary/aromatic N) is 1. The fourth-order valence-electron chi connectivity index (χ4n) is 1.64. The molecule has 3 heteroatoms. The molecule has 2 aromatic rings. The molecule has 0 spiro atoms. The summed E-state index contributed by atoms with van der Waals surface area (Å²) >= 11 is 5.92. The first-order chi connectivity index (χ1) is 8.20. The average molecular weight is 243 g/mol. The molecule has 2 aromatic carbocycles. The summed E-state index contributed by atoms with van der Waals surface area (Å²) in [6.07, 6.45) is 0. The molecule has 0 heterocycles. The van der Waals surface area contributed by atoms with Crippen LogP contribution in [-0.4, -0.2) is 0 Å². The monoisotopic (exact) mass is 242 g/mol. The molecule has 0 atom stereocenters. The van der Waals surface area contributed by atoms with Crippen molar-refractivity contribution < 1.29 is 0 Å². The van der Waals surface area contributed by atoms with Gasteiger partial charge in [0, 0.05) is 10.7 Å². The Labute approximate surface area is 105 Å². The molecule has 84 valence electrons. The Kier molecular flexibility index (Phi) is 3.32. The van der Waals surface area contributed by atoms with E-state index in [-0.39, 0.29) is 0 Å². The zero-order chi connectivity index (χ0) is 12.3. The third kappa shape index (κ3) is 2.58. The number of halogens is 1. The first-order valence-corrected chi connectivity index (χ1v) is 5.61. The fraction of sp³-hybridized carbons (Fsp3) is 0.0714. The summed E-state index contributed by atoms with van der Waals surface area (Å²) < 4.78 is 0. The molecule has 0 unspecified atom stereocenters. The molecule has 2 rings (SSSR count). The molecule has 17 heavy (non-hydrogen) atoms. The Bertz CT molecular complexity index is 585. The Balaban J connectivity index is 2.40. The van der Waals surface area contributed by atoms with E-state index < -0.39 is 0 Å². The van der Waals surface area contributed by atoms with Crippen LogP contribution < -0.4 is 5.32 Å². The molecule has 0 radical (unpaired) electrons. The van der Waals surface area contributed by atoms with E-state index in [0.29, 0.717) is 10.6 Å². The molecule has 0 aliphatic heterocycles. The molecule has 2 nitrogen and oxygen atoms in total. The second-order valence-corrected chi connectivity index (χ2v) is 4.18. The summed E-state index contributed by atoms with van der Waals surface area (Å²) in [5.74, 6) is 0. The van der Waals surface area contributed by atoms with Gasteiger partial charge in [-0.25, -0.2) is 0 Å². The molecule has 0 saturated carbocycles.